The van der Waals surface area contributed by atoms with Crippen molar-refractivity contribution in [1.82, 2.24) is 10.3 Å². The molecule has 2 aromatic heterocycles. The van der Waals surface area contributed by atoms with Gasteiger partial charge in [-0.15, -0.1) is 23.7 Å². The molecule has 1 N–H and O–H groups in total. The Morgan fingerprint density at radius 2 is 1.93 bits per heavy atom. The number of thiophene rings is 1. The number of hydrogen-bond acceptors (Lipinski definition) is 9. The fraction of sp³-hybridized carbons (Fsp3) is 0.526. The first-order chi connectivity index (χ1) is 13.2. The summed E-state index contributed by atoms with van der Waals surface area (Å²) in [5.41, 5.74) is 0.203. The topological polar surface area (TPSA) is 96.0 Å². The zero-order valence-corrected chi connectivity index (χ0v) is 18.8. The molecular weight excluding hydrogens is 420 g/mol. The Bertz CT molecular complexity index is 834. The number of ether oxygens (including phenoxy) is 4. The van der Waals surface area contributed by atoms with E-state index >= 15 is 0 Å². The number of nitrogens with one attached hydrogen (secondary N) is 1. The number of nitrogens with zero attached hydrogens (tertiary/aromatic N) is 1. The van der Waals surface area contributed by atoms with Crippen molar-refractivity contribution in [3.8, 4) is 5.75 Å². The molecule has 0 atom stereocenters. The molecular formula is C19H27ClN2O6S. The predicted octanol–water partition coefficient (Wildman–Crippen LogP) is 2.96. The van der Waals surface area contributed by atoms with Gasteiger partial charge < -0.3 is 24.3 Å². The van der Waals surface area contributed by atoms with Crippen LogP contribution < -0.4 is 10.1 Å². The van der Waals surface area contributed by atoms with Crippen LogP contribution in [0, 0.1) is 0 Å². The molecule has 0 aliphatic heterocycles. The van der Waals surface area contributed by atoms with E-state index in [-0.39, 0.29) is 29.6 Å². The largest absolute Gasteiger partial charge is 0.479 e. The van der Waals surface area contributed by atoms with Crippen LogP contribution in [0.2, 0.25) is 0 Å². The molecule has 0 radical (unpaired) electrons. The highest BCUT2D eigenvalue weighted by atomic mass is 35.5. The quantitative estimate of drug-likeness (QED) is 0.464. The van der Waals surface area contributed by atoms with Crippen LogP contribution in [0.25, 0.3) is 10.2 Å². The van der Waals surface area contributed by atoms with Crippen LogP contribution >= 0.6 is 23.7 Å². The van der Waals surface area contributed by atoms with Gasteiger partial charge in [-0.2, -0.15) is 0 Å². The number of carbonyl (C=O) groups is 2. The van der Waals surface area contributed by atoms with E-state index in [9.17, 15) is 9.59 Å². The van der Waals surface area contributed by atoms with E-state index in [0.29, 0.717) is 29.9 Å². The lowest BCUT2D eigenvalue weighted by molar-refractivity contribution is -0.157. The summed E-state index contributed by atoms with van der Waals surface area (Å²) in [7, 11) is 2.94. The summed E-state index contributed by atoms with van der Waals surface area (Å²) < 4.78 is 20.7. The summed E-state index contributed by atoms with van der Waals surface area (Å²) in [6.07, 6.45) is 0. The predicted molar refractivity (Wildman–Crippen MR) is 113 cm³/mol. The molecule has 8 nitrogen and oxygen atoms in total. The van der Waals surface area contributed by atoms with Crippen molar-refractivity contribution in [3.05, 3.63) is 22.7 Å². The minimum atomic E-state index is -0.616. The highest BCUT2D eigenvalue weighted by Crippen LogP contribution is 2.37. The van der Waals surface area contributed by atoms with Crippen molar-refractivity contribution in [2.45, 2.75) is 32.9 Å². The van der Waals surface area contributed by atoms with E-state index in [2.05, 4.69) is 10.3 Å². The van der Waals surface area contributed by atoms with Crippen molar-refractivity contribution in [1.29, 1.82) is 0 Å². The number of hydrogen-bond donors (Lipinski definition) is 1. The maximum Gasteiger partial charge on any atom is 0.351 e. The maximum atomic E-state index is 12.1. The van der Waals surface area contributed by atoms with Crippen LogP contribution in [0.5, 0.6) is 5.75 Å². The van der Waals surface area contributed by atoms with Gasteiger partial charge in [0.05, 0.1) is 24.8 Å². The molecule has 0 aromatic carbocycles. The van der Waals surface area contributed by atoms with Crippen LogP contribution in [0.4, 0.5) is 0 Å². The van der Waals surface area contributed by atoms with Gasteiger partial charge in [-0.3, -0.25) is 0 Å². The molecule has 0 aliphatic carbocycles. The van der Waals surface area contributed by atoms with Crippen LogP contribution in [0.15, 0.2) is 12.1 Å². The molecule has 0 amide bonds. The third-order valence-corrected chi connectivity index (χ3v) is 4.54. The fourth-order valence-corrected chi connectivity index (χ4v) is 3.41. The monoisotopic (exact) mass is 446 g/mol. The Labute approximate surface area is 180 Å². The van der Waals surface area contributed by atoms with E-state index in [0.717, 1.165) is 17.0 Å². The number of esters is 2. The summed E-state index contributed by atoms with van der Waals surface area (Å²) in [6.45, 7) is 6.89. The van der Waals surface area contributed by atoms with Crippen LogP contribution in [-0.2, 0) is 25.5 Å². The van der Waals surface area contributed by atoms with Crippen molar-refractivity contribution in [3.63, 3.8) is 0 Å². The lowest BCUT2D eigenvalue weighted by atomic mass is 10.2. The summed E-state index contributed by atoms with van der Waals surface area (Å²) in [4.78, 5) is 29.6. The Morgan fingerprint density at radius 3 is 2.55 bits per heavy atom. The average molecular weight is 447 g/mol. The third-order valence-electron chi connectivity index (χ3n) is 3.48. The molecule has 2 aromatic rings. The molecule has 10 heteroatoms. The molecule has 2 heterocycles. The van der Waals surface area contributed by atoms with Gasteiger partial charge in [-0.1, -0.05) is 0 Å². The molecule has 0 aliphatic rings. The van der Waals surface area contributed by atoms with Gasteiger partial charge in [0.1, 0.15) is 10.4 Å². The zero-order valence-electron chi connectivity index (χ0n) is 17.2. The molecule has 0 fully saturated rings. The van der Waals surface area contributed by atoms with E-state index in [4.69, 9.17) is 18.9 Å². The van der Waals surface area contributed by atoms with Gasteiger partial charge in [0.25, 0.3) is 0 Å². The lowest BCUT2D eigenvalue weighted by Gasteiger charge is -2.19. The number of halogens is 1. The zero-order chi connectivity index (χ0) is 20.7. The molecule has 29 heavy (non-hydrogen) atoms. The van der Waals surface area contributed by atoms with Crippen LogP contribution in [0.1, 0.15) is 36.1 Å². The lowest BCUT2D eigenvalue weighted by Crippen LogP contribution is -2.27. The SMILES string of the molecule is COCCNCc1ccc2c(OCC(=O)OC(C)(C)C)c(C(=O)OC)sc2n1.Cl. The number of carbonyl (C=O) groups excluding carboxylic acids is 2. The average Bonchev–Trinajstić information content (AvgIpc) is 2.99. The Kier molecular flexibility index (Phi) is 9.78. The van der Waals surface area contributed by atoms with Crippen molar-refractivity contribution >= 4 is 45.9 Å². The second-order valence-electron chi connectivity index (χ2n) is 6.95. The summed E-state index contributed by atoms with van der Waals surface area (Å²) in [6, 6.07) is 3.67. The molecule has 0 saturated carbocycles. The number of fused-ring (bicyclic) bond motifs is 1. The maximum absolute atomic E-state index is 12.1. The standard InChI is InChI=1S/C19H26N2O6S.ClH/c1-19(2,3)27-14(22)11-26-15-13-7-6-12(10-20-8-9-24-4)21-17(13)28-16(15)18(23)25-5;/h6-7,20H,8-11H2,1-5H3;1H. The first kappa shape index (κ1) is 25.1. The second-order valence-corrected chi connectivity index (χ2v) is 7.95. The highest BCUT2D eigenvalue weighted by molar-refractivity contribution is 7.20. The fourth-order valence-electron chi connectivity index (χ4n) is 2.36. The molecule has 2 rings (SSSR count). The smallest absolute Gasteiger partial charge is 0.351 e. The minimum Gasteiger partial charge on any atom is -0.479 e. The van der Waals surface area contributed by atoms with Crippen molar-refractivity contribution in [2.75, 3.05) is 34.0 Å². The van der Waals surface area contributed by atoms with E-state index in [1.54, 1.807) is 27.9 Å². The van der Waals surface area contributed by atoms with E-state index in [1.165, 1.54) is 7.11 Å². The molecule has 0 saturated heterocycles. The number of rotatable bonds is 9. The Hall–Kier alpha value is -1.94. The van der Waals surface area contributed by atoms with Gasteiger partial charge >= 0.3 is 11.9 Å². The van der Waals surface area contributed by atoms with Crippen molar-refractivity contribution in [2.24, 2.45) is 0 Å². The van der Waals surface area contributed by atoms with Gasteiger partial charge in [-0.25, -0.2) is 14.6 Å². The summed E-state index contributed by atoms with van der Waals surface area (Å²) in [5, 5.41) is 3.87. The first-order valence-corrected chi connectivity index (χ1v) is 9.62. The highest BCUT2D eigenvalue weighted by Gasteiger charge is 2.24. The normalized spacial score (nSPS) is 11.1. The number of methoxy groups -OCH3 is 2. The molecule has 0 unspecified atom stereocenters. The Balaban J connectivity index is 0.00000420. The van der Waals surface area contributed by atoms with Gasteiger partial charge in [-0.05, 0) is 32.9 Å². The molecule has 162 valence electrons. The third kappa shape index (κ3) is 7.43. The summed E-state index contributed by atoms with van der Waals surface area (Å²) >= 11 is 1.16. The van der Waals surface area contributed by atoms with E-state index in [1.807, 2.05) is 12.1 Å². The first-order valence-electron chi connectivity index (χ1n) is 8.80. The molecule has 0 spiro atoms. The minimum absolute atomic E-state index is 0. The number of aromatic nitrogens is 1. The van der Waals surface area contributed by atoms with Crippen molar-refractivity contribution < 1.29 is 28.5 Å². The van der Waals surface area contributed by atoms with E-state index < -0.39 is 17.5 Å². The number of pyridine rings is 1. The van der Waals surface area contributed by atoms with Crippen LogP contribution in [-0.4, -0.2) is 56.5 Å². The van der Waals surface area contributed by atoms with Gasteiger partial charge in [0.15, 0.2) is 17.2 Å². The second kappa shape index (κ2) is 11.3. The molecule has 0 bridgehead atoms. The summed E-state index contributed by atoms with van der Waals surface area (Å²) in [5.74, 6) is -0.777. The Morgan fingerprint density at radius 1 is 1.21 bits per heavy atom. The van der Waals surface area contributed by atoms with Crippen LogP contribution in [0.3, 0.4) is 0 Å². The van der Waals surface area contributed by atoms with Gasteiger partial charge in [0.2, 0.25) is 0 Å². The van der Waals surface area contributed by atoms with Gasteiger partial charge in [0, 0.05) is 20.2 Å².